The summed E-state index contributed by atoms with van der Waals surface area (Å²) in [6.45, 7) is 9.45. The van der Waals surface area contributed by atoms with Crippen LogP contribution in [0.25, 0.3) is 0 Å². The first-order valence-electron chi connectivity index (χ1n) is 7.56. The standard InChI is InChI=1S/C19H24ClN/c1-5-21-19(12-16-8-6-7-13(2)9-16)17-10-14(3)15(4)11-18(17)20/h6-11,19,21H,5,12H2,1-4H3. The fourth-order valence-corrected chi connectivity index (χ4v) is 3.03. The van der Waals surface area contributed by atoms with Gasteiger partial charge in [0, 0.05) is 11.1 Å². The highest BCUT2D eigenvalue weighted by Crippen LogP contribution is 2.29. The highest BCUT2D eigenvalue weighted by molar-refractivity contribution is 6.31. The fourth-order valence-electron chi connectivity index (χ4n) is 2.68. The van der Waals surface area contributed by atoms with E-state index in [1.165, 1.54) is 27.8 Å². The molecule has 2 aromatic carbocycles. The van der Waals surface area contributed by atoms with Crippen LogP contribution in [0.2, 0.25) is 5.02 Å². The van der Waals surface area contributed by atoms with Crippen LogP contribution in [0.3, 0.4) is 0 Å². The Morgan fingerprint density at radius 1 is 1.05 bits per heavy atom. The first-order valence-corrected chi connectivity index (χ1v) is 7.94. The second kappa shape index (κ2) is 7.11. The quantitative estimate of drug-likeness (QED) is 0.804. The smallest absolute Gasteiger partial charge is 0.0456 e. The van der Waals surface area contributed by atoms with Crippen LogP contribution in [0.15, 0.2) is 36.4 Å². The topological polar surface area (TPSA) is 12.0 Å². The summed E-state index contributed by atoms with van der Waals surface area (Å²) in [5.74, 6) is 0. The van der Waals surface area contributed by atoms with E-state index in [9.17, 15) is 0 Å². The molecule has 0 aromatic heterocycles. The normalized spacial score (nSPS) is 12.4. The minimum Gasteiger partial charge on any atom is -0.310 e. The summed E-state index contributed by atoms with van der Waals surface area (Å²) in [4.78, 5) is 0. The second-order valence-corrected chi connectivity index (χ2v) is 6.17. The Balaban J connectivity index is 2.33. The van der Waals surface area contributed by atoms with Gasteiger partial charge in [0.1, 0.15) is 0 Å². The Morgan fingerprint density at radius 2 is 1.76 bits per heavy atom. The summed E-state index contributed by atoms with van der Waals surface area (Å²) < 4.78 is 0. The Labute approximate surface area is 133 Å². The minimum atomic E-state index is 0.253. The molecule has 1 unspecified atom stereocenters. The number of halogens is 1. The third-order valence-corrected chi connectivity index (χ3v) is 4.29. The predicted octanol–water partition coefficient (Wildman–Crippen LogP) is 5.16. The molecule has 0 saturated carbocycles. The molecule has 0 aliphatic rings. The molecule has 1 nitrogen and oxygen atoms in total. The first-order chi connectivity index (χ1) is 10.0. The van der Waals surface area contributed by atoms with Crippen LogP contribution in [-0.2, 0) is 6.42 Å². The van der Waals surface area contributed by atoms with Gasteiger partial charge in [-0.1, -0.05) is 54.4 Å². The van der Waals surface area contributed by atoms with E-state index in [-0.39, 0.29) is 6.04 Å². The molecule has 2 aromatic rings. The molecule has 112 valence electrons. The highest BCUT2D eigenvalue weighted by atomic mass is 35.5. The van der Waals surface area contributed by atoms with E-state index in [4.69, 9.17) is 11.6 Å². The van der Waals surface area contributed by atoms with Crippen molar-refractivity contribution in [1.29, 1.82) is 0 Å². The van der Waals surface area contributed by atoms with Gasteiger partial charge in [0.05, 0.1) is 0 Å². The van der Waals surface area contributed by atoms with Crippen LogP contribution in [0.4, 0.5) is 0 Å². The van der Waals surface area contributed by atoms with Gasteiger partial charge < -0.3 is 5.32 Å². The van der Waals surface area contributed by atoms with Gasteiger partial charge in [-0.2, -0.15) is 0 Å². The Morgan fingerprint density at radius 3 is 2.43 bits per heavy atom. The van der Waals surface area contributed by atoms with Gasteiger partial charge in [0.2, 0.25) is 0 Å². The van der Waals surface area contributed by atoms with Crippen molar-refractivity contribution in [2.75, 3.05) is 6.54 Å². The highest BCUT2D eigenvalue weighted by Gasteiger charge is 2.15. The minimum absolute atomic E-state index is 0.253. The van der Waals surface area contributed by atoms with Crippen molar-refractivity contribution >= 4 is 11.6 Å². The van der Waals surface area contributed by atoms with E-state index >= 15 is 0 Å². The van der Waals surface area contributed by atoms with Gasteiger partial charge in [-0.25, -0.2) is 0 Å². The summed E-state index contributed by atoms with van der Waals surface area (Å²) in [5.41, 5.74) is 6.38. The molecule has 0 fully saturated rings. The van der Waals surface area contributed by atoms with E-state index in [0.717, 1.165) is 18.0 Å². The van der Waals surface area contributed by atoms with E-state index in [1.54, 1.807) is 0 Å². The van der Waals surface area contributed by atoms with Crippen molar-refractivity contribution in [1.82, 2.24) is 5.32 Å². The van der Waals surface area contributed by atoms with Gasteiger partial charge in [-0.05, 0) is 62.1 Å². The lowest BCUT2D eigenvalue weighted by molar-refractivity contribution is 0.549. The molecule has 0 spiro atoms. The largest absolute Gasteiger partial charge is 0.310 e. The summed E-state index contributed by atoms with van der Waals surface area (Å²) in [6, 6.07) is 13.2. The van der Waals surface area contributed by atoms with Crippen molar-refractivity contribution in [3.63, 3.8) is 0 Å². The molecule has 0 saturated heterocycles. The zero-order valence-corrected chi connectivity index (χ0v) is 14.1. The van der Waals surface area contributed by atoms with Crippen molar-refractivity contribution in [3.05, 3.63) is 69.2 Å². The molecular formula is C19H24ClN. The van der Waals surface area contributed by atoms with E-state index in [2.05, 4.69) is 69.4 Å². The lowest BCUT2D eigenvalue weighted by Gasteiger charge is -2.21. The predicted molar refractivity (Wildman–Crippen MR) is 92.2 cm³/mol. The van der Waals surface area contributed by atoms with Gasteiger partial charge in [0.15, 0.2) is 0 Å². The number of nitrogens with one attached hydrogen (secondary N) is 1. The average molecular weight is 302 g/mol. The van der Waals surface area contributed by atoms with Crippen molar-refractivity contribution in [3.8, 4) is 0 Å². The molecule has 0 radical (unpaired) electrons. The molecule has 0 aliphatic carbocycles. The maximum atomic E-state index is 6.49. The summed E-state index contributed by atoms with van der Waals surface area (Å²) in [5, 5.41) is 4.43. The molecule has 0 aliphatic heterocycles. The molecule has 1 atom stereocenters. The SMILES string of the molecule is CCNC(Cc1cccc(C)c1)c1cc(C)c(C)cc1Cl. The third kappa shape index (κ3) is 4.09. The number of hydrogen-bond acceptors (Lipinski definition) is 1. The van der Waals surface area contributed by atoms with Crippen LogP contribution in [0.5, 0.6) is 0 Å². The number of aryl methyl sites for hydroxylation is 3. The maximum absolute atomic E-state index is 6.49. The second-order valence-electron chi connectivity index (χ2n) is 5.76. The monoisotopic (exact) mass is 301 g/mol. The molecular weight excluding hydrogens is 278 g/mol. The number of likely N-dealkylation sites (N-methyl/N-ethyl adjacent to an activating group) is 1. The van der Waals surface area contributed by atoms with Gasteiger partial charge >= 0.3 is 0 Å². The first kappa shape index (κ1) is 16.1. The van der Waals surface area contributed by atoms with Crippen LogP contribution in [-0.4, -0.2) is 6.54 Å². The third-order valence-electron chi connectivity index (χ3n) is 3.96. The van der Waals surface area contributed by atoms with Crippen LogP contribution < -0.4 is 5.32 Å². The zero-order valence-electron chi connectivity index (χ0n) is 13.3. The van der Waals surface area contributed by atoms with Gasteiger partial charge in [-0.15, -0.1) is 0 Å². The van der Waals surface area contributed by atoms with Gasteiger partial charge in [0.25, 0.3) is 0 Å². The maximum Gasteiger partial charge on any atom is 0.0456 e. The molecule has 21 heavy (non-hydrogen) atoms. The van der Waals surface area contributed by atoms with E-state index < -0.39 is 0 Å². The molecule has 2 rings (SSSR count). The molecule has 1 N–H and O–H groups in total. The number of hydrogen-bond donors (Lipinski definition) is 1. The van der Waals surface area contributed by atoms with Crippen molar-refractivity contribution < 1.29 is 0 Å². The average Bonchev–Trinajstić information content (AvgIpc) is 2.42. The Kier molecular flexibility index (Phi) is 5.44. The molecule has 0 heterocycles. The lowest BCUT2D eigenvalue weighted by atomic mass is 9.95. The lowest BCUT2D eigenvalue weighted by Crippen LogP contribution is -2.23. The summed E-state index contributed by atoms with van der Waals surface area (Å²) in [6.07, 6.45) is 0.956. The number of benzene rings is 2. The molecule has 0 amide bonds. The van der Waals surface area contributed by atoms with E-state index in [1.807, 2.05) is 0 Å². The van der Waals surface area contributed by atoms with E-state index in [0.29, 0.717) is 0 Å². The van der Waals surface area contributed by atoms with Crippen LogP contribution >= 0.6 is 11.6 Å². The molecule has 0 bridgehead atoms. The van der Waals surface area contributed by atoms with Crippen LogP contribution in [0.1, 0.15) is 40.8 Å². The van der Waals surface area contributed by atoms with Crippen molar-refractivity contribution in [2.24, 2.45) is 0 Å². The Hall–Kier alpha value is -1.31. The summed E-state index contributed by atoms with van der Waals surface area (Å²) >= 11 is 6.49. The molecule has 2 heteroatoms. The van der Waals surface area contributed by atoms with Crippen molar-refractivity contribution in [2.45, 2.75) is 40.2 Å². The summed E-state index contributed by atoms with van der Waals surface area (Å²) in [7, 11) is 0. The van der Waals surface area contributed by atoms with Crippen LogP contribution in [0, 0.1) is 20.8 Å². The number of rotatable bonds is 5. The fraction of sp³-hybridized carbons (Fsp3) is 0.368. The van der Waals surface area contributed by atoms with Gasteiger partial charge in [-0.3, -0.25) is 0 Å². The Bertz CT molecular complexity index is 619. The zero-order chi connectivity index (χ0) is 15.4.